The molecule has 0 bridgehead atoms. The highest BCUT2D eigenvalue weighted by Gasteiger charge is 2.23. The van der Waals surface area contributed by atoms with Crippen LogP contribution in [0.3, 0.4) is 0 Å². The predicted molar refractivity (Wildman–Crippen MR) is 122 cm³/mol. The molecule has 0 saturated carbocycles. The Hall–Kier alpha value is -2.79. The monoisotopic (exact) mass is 421 g/mol. The maximum Gasteiger partial charge on any atom is 0.160 e. The van der Waals surface area contributed by atoms with E-state index in [1.807, 2.05) is 12.3 Å². The van der Waals surface area contributed by atoms with Gasteiger partial charge in [-0.25, -0.2) is 8.78 Å². The van der Waals surface area contributed by atoms with Gasteiger partial charge in [0.1, 0.15) is 0 Å². The summed E-state index contributed by atoms with van der Waals surface area (Å²) >= 11 is 0. The minimum Gasteiger partial charge on any atom is -0.364 e. The molecule has 1 aliphatic heterocycles. The molecule has 0 aliphatic carbocycles. The van der Waals surface area contributed by atoms with Gasteiger partial charge in [-0.2, -0.15) is 0 Å². The summed E-state index contributed by atoms with van der Waals surface area (Å²) in [7, 11) is 0. The van der Waals surface area contributed by atoms with E-state index >= 15 is 0 Å². The first kappa shape index (κ1) is 21.4. The Bertz CT molecular complexity index is 1050. The second-order valence-corrected chi connectivity index (χ2v) is 8.49. The van der Waals surface area contributed by atoms with Crippen LogP contribution in [0.5, 0.6) is 0 Å². The number of aryl methyl sites for hydroxylation is 2. The standard InChI is InChI=1S/C26H29F2N3/c1-17-12-21(13-18(2)19(17)3)26-14-20(6-11-30-26)16-31(22-7-9-29-10-8-22)23-4-5-24(27)25(28)15-23/h4-6,11-15,22,29H,7-10,16H2,1-3H3. The predicted octanol–water partition coefficient (Wildman–Crippen LogP) is 5.71. The van der Waals surface area contributed by atoms with Crippen molar-refractivity contribution in [2.24, 2.45) is 0 Å². The van der Waals surface area contributed by atoms with Crippen LogP contribution in [0.2, 0.25) is 0 Å². The molecule has 0 radical (unpaired) electrons. The third kappa shape index (κ3) is 4.77. The molecule has 0 unspecified atom stereocenters. The van der Waals surface area contributed by atoms with E-state index in [0.29, 0.717) is 12.2 Å². The molecule has 31 heavy (non-hydrogen) atoms. The first-order valence-corrected chi connectivity index (χ1v) is 10.9. The Morgan fingerprint density at radius 1 is 0.935 bits per heavy atom. The number of rotatable bonds is 5. The molecule has 1 fully saturated rings. The molecule has 0 amide bonds. The van der Waals surface area contributed by atoms with Crippen molar-refractivity contribution in [3.05, 3.63) is 82.5 Å². The minimum atomic E-state index is -0.815. The Labute approximate surface area is 183 Å². The SMILES string of the molecule is Cc1cc(-c2cc(CN(c3ccc(F)c(F)c3)C3CCNCC3)ccn2)cc(C)c1C. The Morgan fingerprint density at radius 2 is 1.65 bits per heavy atom. The largest absolute Gasteiger partial charge is 0.364 e. The number of hydrogen-bond acceptors (Lipinski definition) is 3. The molecule has 1 saturated heterocycles. The zero-order valence-corrected chi connectivity index (χ0v) is 18.4. The van der Waals surface area contributed by atoms with Crippen molar-refractivity contribution in [3.63, 3.8) is 0 Å². The third-order valence-electron chi connectivity index (χ3n) is 6.38. The van der Waals surface area contributed by atoms with Crippen LogP contribution >= 0.6 is 0 Å². The maximum absolute atomic E-state index is 14.0. The van der Waals surface area contributed by atoms with Crippen molar-refractivity contribution in [2.75, 3.05) is 18.0 Å². The summed E-state index contributed by atoms with van der Waals surface area (Å²) < 4.78 is 27.6. The Morgan fingerprint density at radius 3 is 2.32 bits per heavy atom. The molecule has 1 N–H and O–H groups in total. The molecule has 0 atom stereocenters. The summed E-state index contributed by atoms with van der Waals surface area (Å²) in [5.74, 6) is -1.62. The lowest BCUT2D eigenvalue weighted by Gasteiger charge is -2.36. The molecule has 0 spiro atoms. The number of aromatic nitrogens is 1. The molecule has 1 aromatic heterocycles. The fourth-order valence-electron chi connectivity index (χ4n) is 4.32. The summed E-state index contributed by atoms with van der Waals surface area (Å²) in [6, 6.07) is 12.9. The van der Waals surface area contributed by atoms with Gasteiger partial charge in [0.15, 0.2) is 11.6 Å². The third-order valence-corrected chi connectivity index (χ3v) is 6.38. The fraction of sp³-hybridized carbons (Fsp3) is 0.346. The van der Waals surface area contributed by atoms with Crippen LogP contribution in [0.15, 0.2) is 48.7 Å². The van der Waals surface area contributed by atoms with E-state index in [1.165, 1.54) is 28.8 Å². The summed E-state index contributed by atoms with van der Waals surface area (Å²) in [6.45, 7) is 8.85. The number of piperidine rings is 1. The minimum absolute atomic E-state index is 0.270. The Kier molecular flexibility index (Phi) is 6.33. The molecule has 5 heteroatoms. The average Bonchev–Trinajstić information content (AvgIpc) is 2.78. The normalized spacial score (nSPS) is 14.6. The molecular formula is C26H29F2N3. The summed E-state index contributed by atoms with van der Waals surface area (Å²) in [6.07, 6.45) is 3.77. The topological polar surface area (TPSA) is 28.2 Å². The zero-order chi connectivity index (χ0) is 22.0. The molecule has 3 aromatic rings. The number of nitrogens with zero attached hydrogens (tertiary/aromatic N) is 2. The number of pyridine rings is 1. The zero-order valence-electron chi connectivity index (χ0n) is 18.4. The van der Waals surface area contributed by atoms with Crippen LogP contribution in [-0.2, 0) is 6.54 Å². The van der Waals surface area contributed by atoms with Crippen molar-refractivity contribution in [2.45, 2.75) is 46.2 Å². The fourth-order valence-corrected chi connectivity index (χ4v) is 4.32. The van der Waals surface area contributed by atoms with Crippen LogP contribution in [0, 0.1) is 32.4 Å². The van der Waals surface area contributed by atoms with Gasteiger partial charge in [0.05, 0.1) is 5.69 Å². The lowest BCUT2D eigenvalue weighted by Crippen LogP contribution is -2.43. The second kappa shape index (κ2) is 9.15. The van der Waals surface area contributed by atoms with Gasteiger partial charge >= 0.3 is 0 Å². The first-order chi connectivity index (χ1) is 14.9. The van der Waals surface area contributed by atoms with E-state index in [2.05, 4.69) is 54.2 Å². The second-order valence-electron chi connectivity index (χ2n) is 8.49. The van der Waals surface area contributed by atoms with Crippen molar-refractivity contribution < 1.29 is 8.78 Å². The van der Waals surface area contributed by atoms with E-state index in [4.69, 9.17) is 0 Å². The smallest absolute Gasteiger partial charge is 0.160 e. The van der Waals surface area contributed by atoms with Crippen LogP contribution in [0.25, 0.3) is 11.3 Å². The van der Waals surface area contributed by atoms with Gasteiger partial charge < -0.3 is 10.2 Å². The molecule has 162 valence electrons. The number of nitrogens with one attached hydrogen (secondary N) is 1. The van der Waals surface area contributed by atoms with E-state index in [0.717, 1.165) is 42.8 Å². The summed E-state index contributed by atoms with van der Waals surface area (Å²) in [5, 5.41) is 3.38. The van der Waals surface area contributed by atoms with Crippen molar-refractivity contribution >= 4 is 5.69 Å². The van der Waals surface area contributed by atoms with Gasteiger partial charge in [0, 0.05) is 36.1 Å². The molecule has 3 nitrogen and oxygen atoms in total. The van der Waals surface area contributed by atoms with Gasteiger partial charge in [-0.05, 0) is 105 Å². The molecule has 2 heterocycles. The van der Waals surface area contributed by atoms with Crippen molar-refractivity contribution in [1.82, 2.24) is 10.3 Å². The van der Waals surface area contributed by atoms with Crippen molar-refractivity contribution in [3.8, 4) is 11.3 Å². The van der Waals surface area contributed by atoms with E-state index in [9.17, 15) is 8.78 Å². The lowest BCUT2D eigenvalue weighted by molar-refractivity contribution is 0.427. The first-order valence-electron chi connectivity index (χ1n) is 10.9. The van der Waals surface area contributed by atoms with Gasteiger partial charge in [-0.15, -0.1) is 0 Å². The van der Waals surface area contributed by atoms with Crippen molar-refractivity contribution in [1.29, 1.82) is 0 Å². The van der Waals surface area contributed by atoms with Gasteiger partial charge in [0.25, 0.3) is 0 Å². The van der Waals surface area contributed by atoms with Crippen LogP contribution < -0.4 is 10.2 Å². The van der Waals surface area contributed by atoms with Crippen LogP contribution in [0.1, 0.15) is 35.1 Å². The van der Waals surface area contributed by atoms with Gasteiger partial charge in [-0.1, -0.05) is 0 Å². The number of anilines is 1. The van der Waals surface area contributed by atoms with E-state index < -0.39 is 11.6 Å². The van der Waals surface area contributed by atoms with E-state index in [1.54, 1.807) is 6.07 Å². The molecule has 2 aromatic carbocycles. The maximum atomic E-state index is 14.0. The Balaban J connectivity index is 1.67. The molecule has 4 rings (SSSR count). The molecular weight excluding hydrogens is 392 g/mol. The highest BCUT2D eigenvalue weighted by atomic mass is 19.2. The summed E-state index contributed by atoms with van der Waals surface area (Å²) in [5.41, 5.74) is 7.65. The number of benzene rings is 2. The highest BCUT2D eigenvalue weighted by Crippen LogP contribution is 2.28. The average molecular weight is 422 g/mol. The van der Waals surface area contributed by atoms with Gasteiger partial charge in [0.2, 0.25) is 0 Å². The van der Waals surface area contributed by atoms with E-state index in [-0.39, 0.29) is 6.04 Å². The quantitative estimate of drug-likeness (QED) is 0.572. The molecule has 1 aliphatic rings. The van der Waals surface area contributed by atoms with Gasteiger partial charge in [-0.3, -0.25) is 4.98 Å². The lowest BCUT2D eigenvalue weighted by atomic mass is 9.98. The van der Waals surface area contributed by atoms with Crippen LogP contribution in [-0.4, -0.2) is 24.1 Å². The highest BCUT2D eigenvalue weighted by molar-refractivity contribution is 5.63. The van der Waals surface area contributed by atoms with Crippen LogP contribution in [0.4, 0.5) is 14.5 Å². The number of hydrogen-bond donors (Lipinski definition) is 1. The number of halogens is 2. The summed E-state index contributed by atoms with van der Waals surface area (Å²) in [4.78, 5) is 6.80.